The van der Waals surface area contributed by atoms with Crippen LogP contribution in [0.2, 0.25) is 0 Å². The summed E-state index contributed by atoms with van der Waals surface area (Å²) in [5.41, 5.74) is 2.38. The molecule has 1 aliphatic heterocycles. The Morgan fingerprint density at radius 2 is 1.68 bits per heavy atom. The molecule has 0 aromatic heterocycles. The van der Waals surface area contributed by atoms with Crippen LogP contribution in [0.1, 0.15) is 43.4 Å². The van der Waals surface area contributed by atoms with Gasteiger partial charge in [-0.2, -0.15) is 4.89 Å². The molecule has 0 spiro atoms. The van der Waals surface area contributed by atoms with Crippen molar-refractivity contribution in [3.63, 3.8) is 0 Å². The van der Waals surface area contributed by atoms with Crippen LogP contribution in [0.15, 0.2) is 60.7 Å². The third kappa shape index (κ3) is 10.4. The highest BCUT2D eigenvalue weighted by Gasteiger charge is 2.25. The Bertz CT molecular complexity index is 794. The Kier molecular flexibility index (Phi) is 13.6. The highest BCUT2D eigenvalue weighted by atomic mass is 17.6. The average molecular weight is 472 g/mol. The molecule has 184 valence electrons. The minimum absolute atomic E-state index is 0.0384. The molecule has 1 N–H and O–H groups in total. The number of esters is 1. The van der Waals surface area contributed by atoms with E-state index >= 15 is 0 Å². The lowest BCUT2D eigenvalue weighted by atomic mass is 10.00. The summed E-state index contributed by atoms with van der Waals surface area (Å²) < 4.78 is 11.6. The largest absolute Gasteiger partial charge is 0.466 e. The Hall–Kier alpha value is -2.77. The van der Waals surface area contributed by atoms with Crippen molar-refractivity contribution < 1.29 is 34.5 Å². The summed E-state index contributed by atoms with van der Waals surface area (Å²) in [4.78, 5) is 17.8. The third-order valence-corrected chi connectivity index (χ3v) is 5.23. The second-order valence-corrected chi connectivity index (χ2v) is 7.54. The molecule has 0 atom stereocenters. The molecule has 2 aromatic carbocycles. The number of rotatable bonds is 11. The van der Waals surface area contributed by atoms with Crippen LogP contribution in [0.3, 0.4) is 0 Å². The van der Waals surface area contributed by atoms with E-state index in [1.807, 2.05) is 19.1 Å². The first-order valence-electron chi connectivity index (χ1n) is 11.3. The third-order valence-electron chi connectivity index (χ3n) is 5.23. The number of benzene rings is 2. The molecule has 0 aliphatic carbocycles. The van der Waals surface area contributed by atoms with Crippen LogP contribution in [0.4, 0.5) is 0 Å². The number of piperidine rings is 1. The van der Waals surface area contributed by atoms with Crippen molar-refractivity contribution in [2.45, 2.75) is 38.4 Å². The van der Waals surface area contributed by atoms with Gasteiger partial charge in [0.05, 0.1) is 19.1 Å². The molecule has 1 fully saturated rings. The Labute approximate surface area is 201 Å². The van der Waals surface area contributed by atoms with Crippen LogP contribution in [0, 0.1) is 12.3 Å². The van der Waals surface area contributed by atoms with E-state index in [-0.39, 0.29) is 24.8 Å². The van der Waals surface area contributed by atoms with Crippen LogP contribution in [-0.2, 0) is 29.2 Å². The van der Waals surface area contributed by atoms with Crippen LogP contribution in [-0.4, -0.2) is 55.1 Å². The highest BCUT2D eigenvalue weighted by Crippen LogP contribution is 2.29. The fourth-order valence-electron chi connectivity index (χ4n) is 3.63. The average Bonchev–Trinajstić information content (AvgIpc) is 2.89. The van der Waals surface area contributed by atoms with Gasteiger partial charge in [-0.15, -0.1) is 6.42 Å². The van der Waals surface area contributed by atoms with Gasteiger partial charge in [-0.05, 0) is 41.0 Å². The van der Waals surface area contributed by atoms with Gasteiger partial charge >= 0.3 is 5.97 Å². The van der Waals surface area contributed by atoms with Gasteiger partial charge in [-0.25, -0.2) is 5.26 Å². The second kappa shape index (κ2) is 16.8. The summed E-state index contributed by atoms with van der Waals surface area (Å²) in [5, 5.41) is 13.9. The van der Waals surface area contributed by atoms with E-state index in [0.29, 0.717) is 13.0 Å². The Balaban J connectivity index is 0.000000509. The van der Waals surface area contributed by atoms with Gasteiger partial charge in [0, 0.05) is 19.6 Å². The van der Waals surface area contributed by atoms with Crippen molar-refractivity contribution in [1.82, 2.24) is 4.90 Å². The normalized spacial score (nSPS) is 14.2. The maximum Gasteiger partial charge on any atom is 0.307 e. The van der Waals surface area contributed by atoms with E-state index in [1.54, 1.807) is 0 Å². The lowest BCUT2D eigenvalue weighted by Crippen LogP contribution is -2.38. The minimum Gasteiger partial charge on any atom is -0.466 e. The van der Waals surface area contributed by atoms with Crippen molar-refractivity contribution in [3.8, 4) is 12.3 Å². The zero-order valence-corrected chi connectivity index (χ0v) is 19.5. The number of carbonyl (C=O) groups excluding carboxylic acids is 1. The Morgan fingerprint density at radius 1 is 1.09 bits per heavy atom. The summed E-state index contributed by atoms with van der Waals surface area (Å²) in [6.45, 7) is 4.93. The molecule has 34 heavy (non-hydrogen) atoms. The summed E-state index contributed by atoms with van der Waals surface area (Å²) >= 11 is 0. The molecule has 2 aromatic rings. The van der Waals surface area contributed by atoms with Crippen molar-refractivity contribution in [2.24, 2.45) is 0 Å². The van der Waals surface area contributed by atoms with Crippen LogP contribution < -0.4 is 0 Å². The second-order valence-electron chi connectivity index (χ2n) is 7.54. The van der Waals surface area contributed by atoms with Crippen molar-refractivity contribution in [1.29, 1.82) is 0 Å². The van der Waals surface area contributed by atoms with Crippen molar-refractivity contribution in [2.75, 3.05) is 32.8 Å². The van der Waals surface area contributed by atoms with Gasteiger partial charge in [-0.1, -0.05) is 66.6 Å². The molecule has 0 unspecified atom stereocenters. The maximum atomic E-state index is 11.5. The topological polar surface area (TPSA) is 86.7 Å². The van der Waals surface area contributed by atoms with Gasteiger partial charge in [0.25, 0.3) is 0 Å². The number of terminal acetylenes is 1. The van der Waals surface area contributed by atoms with E-state index in [1.165, 1.54) is 11.1 Å². The number of hydrogen-bond acceptors (Lipinski definition) is 8. The molecule has 8 nitrogen and oxygen atoms in total. The maximum absolute atomic E-state index is 11.5. The van der Waals surface area contributed by atoms with Crippen molar-refractivity contribution >= 4 is 5.97 Å². The van der Waals surface area contributed by atoms with Crippen LogP contribution in [0.5, 0.6) is 0 Å². The quantitative estimate of drug-likeness (QED) is 0.172. The predicted molar refractivity (Wildman–Crippen MR) is 126 cm³/mol. The smallest absolute Gasteiger partial charge is 0.307 e. The van der Waals surface area contributed by atoms with Gasteiger partial charge < -0.3 is 14.4 Å². The summed E-state index contributed by atoms with van der Waals surface area (Å²) in [6, 6.07) is 20.8. The fourth-order valence-corrected chi connectivity index (χ4v) is 3.63. The lowest BCUT2D eigenvalue weighted by Gasteiger charge is -2.34. The molecular formula is C26H33NO7. The van der Waals surface area contributed by atoms with E-state index in [0.717, 1.165) is 32.5 Å². The molecule has 0 saturated carbocycles. The van der Waals surface area contributed by atoms with Crippen molar-refractivity contribution in [3.05, 3.63) is 71.8 Å². The summed E-state index contributed by atoms with van der Waals surface area (Å²) in [6.07, 6.45) is 7.31. The monoisotopic (exact) mass is 471 g/mol. The number of hydrogen-bond donors (Lipinski definition) is 1. The number of ether oxygens (including phenoxy) is 2. The van der Waals surface area contributed by atoms with Crippen LogP contribution in [0.25, 0.3) is 0 Å². The van der Waals surface area contributed by atoms with E-state index in [4.69, 9.17) is 14.7 Å². The number of likely N-dealkylation sites (tertiary alicyclic amines) is 1. The molecule has 1 heterocycles. The first-order valence-corrected chi connectivity index (χ1v) is 11.3. The predicted octanol–water partition coefficient (Wildman–Crippen LogP) is 4.18. The van der Waals surface area contributed by atoms with E-state index in [2.05, 4.69) is 80.7 Å². The molecular weight excluding hydrogens is 438 g/mol. The summed E-state index contributed by atoms with van der Waals surface area (Å²) in [7, 11) is 0. The zero-order chi connectivity index (χ0) is 24.4. The molecule has 1 saturated heterocycles. The molecule has 0 bridgehead atoms. The fraction of sp³-hybridized carbons (Fsp3) is 0.423. The van der Waals surface area contributed by atoms with Gasteiger partial charge in [0.2, 0.25) is 0 Å². The number of nitrogens with zero attached hydrogens (tertiary/aromatic N) is 1. The van der Waals surface area contributed by atoms with Gasteiger partial charge in [-0.3, -0.25) is 4.79 Å². The first-order chi connectivity index (χ1) is 16.7. The summed E-state index contributed by atoms with van der Waals surface area (Å²) in [5.74, 6) is 1.96. The zero-order valence-electron chi connectivity index (χ0n) is 19.5. The Morgan fingerprint density at radius 3 is 2.18 bits per heavy atom. The van der Waals surface area contributed by atoms with Crippen LogP contribution >= 0.6 is 0 Å². The molecule has 8 heteroatoms. The van der Waals surface area contributed by atoms with E-state index < -0.39 is 0 Å². The standard InChI is InChI=1S/C23H29NO3.C3H4O4/c1-2-26-22(25)15-18-24-16-13-21(14-17-24)27-23(19-9-5-3-6-10-19)20-11-7-4-8-12-20;1-2-3-5-7-6-4/h3-12,21,23H,2,13-18H2,1H3;1,4H,3H2. The molecule has 3 rings (SSSR count). The molecule has 0 amide bonds. The lowest BCUT2D eigenvalue weighted by molar-refractivity contribution is -0.620. The molecule has 1 aliphatic rings. The van der Waals surface area contributed by atoms with Gasteiger partial charge in [0.1, 0.15) is 12.7 Å². The SMILES string of the molecule is C#CCOOOO.CCOC(=O)CCN1CCC(OC(c2ccccc2)c2ccccc2)CC1. The van der Waals surface area contributed by atoms with Gasteiger partial charge in [0.15, 0.2) is 0 Å². The first kappa shape index (κ1) is 27.5. The number of carbonyl (C=O) groups is 1. The minimum atomic E-state index is -0.107. The highest BCUT2D eigenvalue weighted by molar-refractivity contribution is 5.69. The van der Waals surface area contributed by atoms with E-state index in [9.17, 15) is 4.79 Å². The molecule has 0 radical (unpaired) electrons.